The summed E-state index contributed by atoms with van der Waals surface area (Å²) in [5.74, 6) is 0.949. The van der Waals surface area contributed by atoms with E-state index in [4.69, 9.17) is 0 Å². The minimum atomic E-state index is 0.516. The number of hydrogen-bond donors (Lipinski definition) is 0. The number of nitrogens with zero attached hydrogens (tertiary/aromatic N) is 5. The largest absolute Gasteiger partial charge is 0.288 e. The Hall–Kier alpha value is -2.01. The Balaban J connectivity index is 1.70. The van der Waals surface area contributed by atoms with Gasteiger partial charge in [0.25, 0.3) is 0 Å². The lowest BCUT2D eigenvalue weighted by Crippen LogP contribution is -2.25. The molecule has 0 aliphatic heterocycles. The second kappa shape index (κ2) is 5.96. The highest BCUT2D eigenvalue weighted by molar-refractivity contribution is 5.14. The molecule has 5 heteroatoms. The Labute approximate surface area is 118 Å². The summed E-state index contributed by atoms with van der Waals surface area (Å²) in [6.45, 7) is 6.30. The van der Waals surface area contributed by atoms with Gasteiger partial charge in [0.15, 0.2) is 5.82 Å². The molecule has 1 fully saturated rings. The van der Waals surface area contributed by atoms with E-state index in [-0.39, 0.29) is 0 Å². The molecule has 3 rings (SSSR count). The zero-order chi connectivity index (χ0) is 13.8. The summed E-state index contributed by atoms with van der Waals surface area (Å²) in [5.41, 5.74) is 1.29. The first-order valence-corrected chi connectivity index (χ1v) is 7.00. The van der Waals surface area contributed by atoms with Crippen molar-refractivity contribution in [3.8, 4) is 0 Å². The van der Waals surface area contributed by atoms with Gasteiger partial charge in [-0.05, 0) is 28.8 Å². The molecular formula is C15H19N5. The highest BCUT2D eigenvalue weighted by Gasteiger charge is 2.28. The van der Waals surface area contributed by atoms with Gasteiger partial charge in [-0.25, -0.2) is 4.68 Å². The van der Waals surface area contributed by atoms with Crippen molar-refractivity contribution in [3.63, 3.8) is 0 Å². The molecule has 2 aromatic rings. The van der Waals surface area contributed by atoms with Crippen molar-refractivity contribution in [2.45, 2.75) is 32.0 Å². The lowest BCUT2D eigenvalue weighted by Gasteiger charge is -2.20. The van der Waals surface area contributed by atoms with Gasteiger partial charge in [0.2, 0.25) is 0 Å². The summed E-state index contributed by atoms with van der Waals surface area (Å²) in [7, 11) is 0. The van der Waals surface area contributed by atoms with Gasteiger partial charge in [-0.2, -0.15) is 0 Å². The number of rotatable bonds is 7. The van der Waals surface area contributed by atoms with Gasteiger partial charge in [-0.15, -0.1) is 11.7 Å². The molecule has 104 valence electrons. The van der Waals surface area contributed by atoms with Gasteiger partial charge >= 0.3 is 0 Å². The van der Waals surface area contributed by atoms with E-state index in [1.54, 1.807) is 0 Å². The van der Waals surface area contributed by atoms with Crippen molar-refractivity contribution >= 4 is 0 Å². The topological polar surface area (TPSA) is 46.8 Å². The Kier molecular flexibility index (Phi) is 3.87. The summed E-state index contributed by atoms with van der Waals surface area (Å²) in [6, 6.07) is 11.0. The SMILES string of the molecule is C=CCN(Cc1ccccc1)Cc1nnnn1C1CC1. The van der Waals surface area contributed by atoms with E-state index in [0.29, 0.717) is 6.04 Å². The first-order chi connectivity index (χ1) is 9.86. The molecule has 20 heavy (non-hydrogen) atoms. The molecule has 0 N–H and O–H groups in total. The van der Waals surface area contributed by atoms with E-state index >= 15 is 0 Å². The second-order valence-corrected chi connectivity index (χ2v) is 5.21. The lowest BCUT2D eigenvalue weighted by atomic mass is 10.2. The van der Waals surface area contributed by atoms with Crippen molar-refractivity contribution in [1.82, 2.24) is 25.1 Å². The van der Waals surface area contributed by atoms with Crippen molar-refractivity contribution < 1.29 is 0 Å². The number of tetrazole rings is 1. The van der Waals surface area contributed by atoms with Gasteiger partial charge in [-0.1, -0.05) is 36.4 Å². The molecule has 1 aromatic heterocycles. The Morgan fingerprint density at radius 1 is 1.25 bits per heavy atom. The maximum Gasteiger partial charge on any atom is 0.165 e. The summed E-state index contributed by atoms with van der Waals surface area (Å²) < 4.78 is 1.97. The average molecular weight is 269 g/mol. The van der Waals surface area contributed by atoms with E-state index < -0.39 is 0 Å². The highest BCUT2D eigenvalue weighted by Crippen LogP contribution is 2.34. The van der Waals surface area contributed by atoms with Crippen LogP contribution in [0.25, 0.3) is 0 Å². The molecule has 1 aliphatic carbocycles. The fourth-order valence-corrected chi connectivity index (χ4v) is 2.33. The van der Waals surface area contributed by atoms with E-state index in [1.807, 2.05) is 16.8 Å². The van der Waals surface area contributed by atoms with Crippen LogP contribution in [0.15, 0.2) is 43.0 Å². The number of hydrogen-bond acceptors (Lipinski definition) is 4. The Bertz CT molecular complexity index is 559. The molecule has 0 unspecified atom stereocenters. The van der Waals surface area contributed by atoms with Gasteiger partial charge in [0.05, 0.1) is 12.6 Å². The van der Waals surface area contributed by atoms with Crippen molar-refractivity contribution in [1.29, 1.82) is 0 Å². The monoisotopic (exact) mass is 269 g/mol. The Morgan fingerprint density at radius 3 is 2.75 bits per heavy atom. The van der Waals surface area contributed by atoms with Crippen LogP contribution in [-0.2, 0) is 13.1 Å². The van der Waals surface area contributed by atoms with Gasteiger partial charge in [-0.3, -0.25) is 4.90 Å². The van der Waals surface area contributed by atoms with Crippen molar-refractivity contribution in [2.75, 3.05) is 6.54 Å². The summed E-state index contributed by atoms with van der Waals surface area (Å²) in [4.78, 5) is 2.30. The first-order valence-electron chi connectivity index (χ1n) is 7.00. The molecule has 1 saturated carbocycles. The van der Waals surface area contributed by atoms with Crippen LogP contribution in [0.2, 0.25) is 0 Å². The fraction of sp³-hybridized carbons (Fsp3) is 0.400. The van der Waals surface area contributed by atoms with Crippen molar-refractivity contribution in [3.05, 3.63) is 54.4 Å². The third-order valence-corrected chi connectivity index (χ3v) is 3.46. The predicted octanol–water partition coefficient (Wildman–Crippen LogP) is 2.20. The quantitative estimate of drug-likeness (QED) is 0.723. The van der Waals surface area contributed by atoms with Crippen LogP contribution >= 0.6 is 0 Å². The number of benzene rings is 1. The highest BCUT2D eigenvalue weighted by atomic mass is 15.6. The molecular weight excluding hydrogens is 250 g/mol. The van der Waals surface area contributed by atoms with Gasteiger partial charge < -0.3 is 0 Å². The second-order valence-electron chi connectivity index (χ2n) is 5.21. The minimum Gasteiger partial charge on any atom is -0.288 e. The molecule has 0 atom stereocenters. The van der Waals surface area contributed by atoms with Gasteiger partial charge in [0.1, 0.15) is 0 Å². The molecule has 1 aromatic carbocycles. The predicted molar refractivity (Wildman–Crippen MR) is 76.8 cm³/mol. The summed E-state index contributed by atoms with van der Waals surface area (Å²) in [5, 5.41) is 12.1. The molecule has 0 saturated heterocycles. The van der Waals surface area contributed by atoms with E-state index in [0.717, 1.165) is 25.5 Å². The molecule has 1 heterocycles. The third-order valence-electron chi connectivity index (χ3n) is 3.46. The van der Waals surface area contributed by atoms with E-state index in [2.05, 4.69) is 51.3 Å². The van der Waals surface area contributed by atoms with E-state index in [1.165, 1.54) is 18.4 Å². The minimum absolute atomic E-state index is 0.516. The maximum atomic E-state index is 4.17. The summed E-state index contributed by atoms with van der Waals surface area (Å²) in [6.07, 6.45) is 4.31. The van der Waals surface area contributed by atoms with Crippen LogP contribution < -0.4 is 0 Å². The van der Waals surface area contributed by atoms with E-state index in [9.17, 15) is 0 Å². The smallest absolute Gasteiger partial charge is 0.165 e. The standard InChI is InChI=1S/C15H19N5/c1-2-10-19(11-13-6-4-3-5-7-13)12-15-16-17-18-20(15)14-8-9-14/h2-7,14H,1,8-12H2. The van der Waals surface area contributed by atoms with Gasteiger partial charge in [0, 0.05) is 13.1 Å². The molecule has 0 radical (unpaired) electrons. The zero-order valence-electron chi connectivity index (χ0n) is 11.5. The maximum absolute atomic E-state index is 4.17. The van der Waals surface area contributed by atoms with Crippen LogP contribution in [0.1, 0.15) is 30.3 Å². The molecule has 0 bridgehead atoms. The van der Waals surface area contributed by atoms with Crippen LogP contribution in [0.3, 0.4) is 0 Å². The normalized spacial score (nSPS) is 14.7. The van der Waals surface area contributed by atoms with Crippen LogP contribution in [0.5, 0.6) is 0 Å². The Morgan fingerprint density at radius 2 is 2.05 bits per heavy atom. The molecule has 0 amide bonds. The zero-order valence-corrected chi connectivity index (χ0v) is 11.5. The summed E-state index contributed by atoms with van der Waals surface area (Å²) >= 11 is 0. The van der Waals surface area contributed by atoms with Crippen LogP contribution in [0, 0.1) is 0 Å². The molecule has 0 spiro atoms. The lowest BCUT2D eigenvalue weighted by molar-refractivity contribution is 0.272. The molecule has 1 aliphatic rings. The molecule has 5 nitrogen and oxygen atoms in total. The van der Waals surface area contributed by atoms with Crippen LogP contribution in [0.4, 0.5) is 0 Å². The first kappa shape index (κ1) is 13.0. The average Bonchev–Trinajstić information content (AvgIpc) is 3.21. The van der Waals surface area contributed by atoms with Crippen LogP contribution in [-0.4, -0.2) is 31.7 Å². The third kappa shape index (κ3) is 3.11. The number of aromatic nitrogens is 4. The fourth-order valence-electron chi connectivity index (χ4n) is 2.33. The van der Waals surface area contributed by atoms with Crippen molar-refractivity contribution in [2.24, 2.45) is 0 Å².